The second-order valence-electron chi connectivity index (χ2n) is 22.7. The first-order chi connectivity index (χ1) is 49.8. The van der Waals surface area contributed by atoms with Gasteiger partial charge in [0.15, 0.2) is 79.4 Å². The molecule has 8 aromatic heterocycles. The lowest BCUT2D eigenvalue weighted by Crippen LogP contribution is -2.07. The standard InChI is InChI=1S/C20H21ClFN5O3.C18H17FIN5O.C18H18FN5.C17H16FN5/c1-5-6-7-8-27-13(24-15-18(23)25-20(22)26-19(15)27)10-11-9-12(28-2)16(29-3)17(30-4)14(11)21;1-3-4-5-8-25-14(10-11-9-12(26-2)6-7-13(11)20)22-15-16(21)23-18(19)24-17(15)25;1-2-3-7-12-24-14(11-10-13-8-5-4-6-9-13)21-15-16(20)22-18(19)23-17(15)24;1-2-3-7-10-23-13(11-12-8-5-4-6-9-12)20-14-15(19)21-17(18)22-16(14)23/h1,9H,6-8,10H2,2-4H3,(H2,23,25,26);1,6-7,9H,4-5,8,10H2,2H3,(H2,21,23,24);1,4-6,8-9H,3,7,10-12H2,(H2,20,22,23);1,4-6,8-9H,3,7,10-11H2,(H2,19,21,22). The van der Waals surface area contributed by atoms with E-state index in [0.29, 0.717) is 156 Å². The van der Waals surface area contributed by atoms with Gasteiger partial charge in [0.2, 0.25) is 5.75 Å². The van der Waals surface area contributed by atoms with E-state index in [1.807, 2.05) is 80.4 Å². The van der Waals surface area contributed by atoms with E-state index in [1.54, 1.807) is 17.7 Å². The quantitative estimate of drug-likeness (QED) is 0.0136. The van der Waals surface area contributed by atoms with E-state index in [2.05, 4.69) is 118 Å². The van der Waals surface area contributed by atoms with E-state index < -0.39 is 24.3 Å². The molecular formula is C73H72ClF4IN20O4. The van der Waals surface area contributed by atoms with Crippen molar-refractivity contribution < 1.29 is 36.5 Å². The third kappa shape index (κ3) is 18.7. The van der Waals surface area contributed by atoms with Crippen molar-refractivity contribution in [1.82, 2.24) is 78.1 Å². The van der Waals surface area contributed by atoms with Crippen molar-refractivity contribution >= 4 is 102 Å². The number of benzene rings is 4. The van der Waals surface area contributed by atoms with E-state index in [4.69, 9.17) is 79.2 Å². The van der Waals surface area contributed by atoms with Crippen LogP contribution < -0.4 is 41.9 Å². The molecule has 0 spiro atoms. The van der Waals surface area contributed by atoms with Gasteiger partial charge in [-0.1, -0.05) is 72.3 Å². The monoisotopic (exact) mass is 1530 g/mol. The van der Waals surface area contributed by atoms with E-state index in [1.165, 1.54) is 26.9 Å². The zero-order valence-corrected chi connectivity index (χ0v) is 59.7. The van der Waals surface area contributed by atoms with Gasteiger partial charge >= 0.3 is 24.3 Å². The number of terminal acetylenes is 4. The number of unbranched alkanes of at least 4 members (excludes halogenated alkanes) is 4. The Hall–Kier alpha value is -11.5. The first-order valence-corrected chi connectivity index (χ1v) is 33.6. The number of nitrogens with two attached hydrogens (primary N) is 4. The summed E-state index contributed by atoms with van der Waals surface area (Å²) < 4.78 is 84.5. The molecule has 0 aliphatic carbocycles. The predicted octanol–water partition coefficient (Wildman–Crippen LogP) is 11.7. The first kappa shape index (κ1) is 75.7. The number of anilines is 4. The van der Waals surface area contributed by atoms with E-state index in [-0.39, 0.29) is 29.7 Å². The van der Waals surface area contributed by atoms with E-state index >= 15 is 0 Å². The number of hydrogen-bond donors (Lipinski definition) is 4. The molecule has 24 nitrogen and oxygen atoms in total. The van der Waals surface area contributed by atoms with Crippen LogP contribution in [0, 0.1) is 77.3 Å². The molecule has 103 heavy (non-hydrogen) atoms. The molecule has 0 bridgehead atoms. The molecule has 4 aromatic carbocycles. The van der Waals surface area contributed by atoms with Crippen molar-refractivity contribution in [2.75, 3.05) is 51.4 Å². The zero-order chi connectivity index (χ0) is 73.7. The van der Waals surface area contributed by atoms with Gasteiger partial charge in [-0.3, -0.25) is 0 Å². The second-order valence-corrected chi connectivity index (χ2v) is 24.3. The number of aryl methyl sites for hydroxylation is 6. The SMILES string of the molecule is C#CCCCn1c(CCc2ccccc2)nc2c(N)nc(F)nc21.C#CCCCn1c(Cc2cc(OC)c(OC)c(OC)c2Cl)nc2c(N)nc(F)nc21.C#CCCCn1c(Cc2cc(OC)ccc2I)nc2c(N)nc(F)nc21.C#CCCCn1c(Cc2ccccc2)nc2c(N)nc(F)nc21. The minimum Gasteiger partial charge on any atom is -0.497 e. The van der Waals surface area contributed by atoms with Gasteiger partial charge in [-0.05, 0) is 101 Å². The fourth-order valence-corrected chi connectivity index (χ4v) is 12.0. The van der Waals surface area contributed by atoms with Gasteiger partial charge in [0, 0.05) is 81.1 Å². The zero-order valence-electron chi connectivity index (χ0n) is 56.8. The van der Waals surface area contributed by atoms with Gasteiger partial charge in [0.05, 0.1) is 33.5 Å². The molecule has 0 saturated heterocycles. The smallest absolute Gasteiger partial charge is 0.312 e. The number of ether oxygens (including phenoxy) is 4. The normalized spacial score (nSPS) is 10.8. The van der Waals surface area contributed by atoms with Crippen LogP contribution in [-0.2, 0) is 58.3 Å². The highest BCUT2D eigenvalue weighted by atomic mass is 127. The molecule has 12 rings (SSSR count). The summed E-state index contributed by atoms with van der Waals surface area (Å²) in [5.41, 5.74) is 30.5. The van der Waals surface area contributed by atoms with Crippen LogP contribution >= 0.6 is 34.2 Å². The van der Waals surface area contributed by atoms with Gasteiger partial charge in [-0.2, -0.15) is 57.4 Å². The maximum atomic E-state index is 13.8. The van der Waals surface area contributed by atoms with Crippen LogP contribution in [0.2, 0.25) is 5.02 Å². The highest BCUT2D eigenvalue weighted by Crippen LogP contribution is 2.45. The van der Waals surface area contributed by atoms with Gasteiger partial charge in [-0.25, -0.2) is 19.9 Å². The number of fused-ring (bicyclic) bond motifs is 4. The number of rotatable bonds is 25. The fraction of sp³-hybridized carbons (Fsp3) is 0.288. The molecule has 0 unspecified atom stereocenters. The Balaban J connectivity index is 0.000000160. The molecule has 30 heteroatoms. The summed E-state index contributed by atoms with van der Waals surface area (Å²) in [4.78, 5) is 48.0. The Morgan fingerprint density at radius 2 is 0.786 bits per heavy atom. The number of methoxy groups -OCH3 is 4. The van der Waals surface area contributed by atoms with Crippen molar-refractivity contribution in [1.29, 1.82) is 0 Å². The van der Waals surface area contributed by atoms with Gasteiger partial charge < -0.3 is 60.2 Å². The Kier molecular flexibility index (Phi) is 26.6. The summed E-state index contributed by atoms with van der Waals surface area (Å²) in [5, 5.41) is 0.350. The number of imidazole rings is 4. The average molecular weight is 1530 g/mol. The largest absolute Gasteiger partial charge is 0.497 e. The minimum absolute atomic E-state index is 0.0322. The minimum atomic E-state index is -0.921. The van der Waals surface area contributed by atoms with Crippen LogP contribution in [0.1, 0.15) is 96.9 Å². The molecule has 8 heterocycles. The summed E-state index contributed by atoms with van der Waals surface area (Å²) in [6.45, 7) is 2.29. The van der Waals surface area contributed by atoms with Crippen molar-refractivity contribution in [3.63, 3.8) is 0 Å². The lowest BCUT2D eigenvalue weighted by molar-refractivity contribution is 0.324. The van der Waals surface area contributed by atoms with Gasteiger partial charge in [-0.15, -0.1) is 49.4 Å². The lowest BCUT2D eigenvalue weighted by Gasteiger charge is -2.16. The van der Waals surface area contributed by atoms with Crippen LogP contribution in [0.4, 0.5) is 40.8 Å². The molecule has 0 amide bonds. The van der Waals surface area contributed by atoms with Crippen molar-refractivity contribution in [3.8, 4) is 72.4 Å². The average Bonchev–Trinajstić information content (AvgIpc) is 1.72. The Morgan fingerprint density at radius 1 is 0.417 bits per heavy atom. The summed E-state index contributed by atoms with van der Waals surface area (Å²) in [5.74, 6) is 15.4. The van der Waals surface area contributed by atoms with Gasteiger partial charge in [0.1, 0.15) is 29.0 Å². The molecule has 0 fully saturated rings. The van der Waals surface area contributed by atoms with Crippen molar-refractivity contribution in [2.24, 2.45) is 0 Å². The summed E-state index contributed by atoms with van der Waals surface area (Å²) in [7, 11) is 6.13. The van der Waals surface area contributed by atoms with Crippen LogP contribution in [0.5, 0.6) is 23.0 Å². The predicted molar refractivity (Wildman–Crippen MR) is 397 cm³/mol. The van der Waals surface area contributed by atoms with Crippen LogP contribution in [0.15, 0.2) is 84.9 Å². The molecule has 530 valence electrons. The molecule has 12 aromatic rings. The molecule has 8 N–H and O–H groups in total. The van der Waals surface area contributed by atoms with E-state index in [0.717, 1.165) is 63.6 Å². The molecule has 0 saturated carbocycles. The van der Waals surface area contributed by atoms with Crippen LogP contribution in [0.3, 0.4) is 0 Å². The first-order valence-electron chi connectivity index (χ1n) is 32.2. The van der Waals surface area contributed by atoms with Crippen molar-refractivity contribution in [2.45, 2.75) is 110 Å². The Morgan fingerprint density at radius 3 is 1.17 bits per heavy atom. The third-order valence-corrected chi connectivity index (χ3v) is 17.5. The van der Waals surface area contributed by atoms with Crippen LogP contribution in [0.25, 0.3) is 44.7 Å². The molecule has 0 atom stereocenters. The third-order valence-electron chi connectivity index (χ3n) is 16.0. The van der Waals surface area contributed by atoms with E-state index in [9.17, 15) is 17.6 Å². The van der Waals surface area contributed by atoms with Crippen LogP contribution in [-0.4, -0.2) is 107 Å². The number of nitrogens with zero attached hydrogens (tertiary/aromatic N) is 16. The summed E-state index contributed by atoms with van der Waals surface area (Å²) in [6.07, 6.45) is 26.2. The fourth-order valence-electron chi connectivity index (χ4n) is 11.2. The molecule has 0 aliphatic rings. The Labute approximate surface area is 610 Å². The topological polar surface area (TPSA) is 315 Å². The second kappa shape index (κ2) is 36.2. The maximum Gasteiger partial charge on any atom is 0.312 e. The number of aromatic nitrogens is 16. The lowest BCUT2D eigenvalue weighted by atomic mass is 10.1. The molecule has 0 radical (unpaired) electrons. The summed E-state index contributed by atoms with van der Waals surface area (Å²) >= 11 is 8.83. The highest BCUT2D eigenvalue weighted by molar-refractivity contribution is 14.1. The van der Waals surface area contributed by atoms with Gasteiger partial charge in [0.25, 0.3) is 0 Å². The summed E-state index contributed by atoms with van der Waals surface area (Å²) in [6, 6.07) is 27.6. The highest BCUT2D eigenvalue weighted by Gasteiger charge is 2.25. The number of halogens is 6. The Bertz CT molecular complexity index is 5140. The molecule has 0 aliphatic heterocycles. The number of hydrogen-bond acceptors (Lipinski definition) is 20. The number of nitrogen functional groups attached to an aromatic ring is 4. The maximum absolute atomic E-state index is 13.8. The van der Waals surface area contributed by atoms with Crippen molar-refractivity contribution in [3.05, 3.63) is 163 Å². The molecular weight excluding hydrogens is 1460 g/mol.